The van der Waals surface area contributed by atoms with Gasteiger partial charge in [-0.25, -0.2) is 0 Å². The summed E-state index contributed by atoms with van der Waals surface area (Å²) < 4.78 is 0. The van der Waals surface area contributed by atoms with Gasteiger partial charge in [-0.2, -0.15) is 5.26 Å². The Morgan fingerprint density at radius 1 is 1.47 bits per heavy atom. The van der Waals surface area contributed by atoms with Crippen LogP contribution in [0, 0.1) is 11.3 Å². The minimum atomic E-state index is -0.0407. The number of amides is 1. The van der Waals surface area contributed by atoms with E-state index in [0.29, 0.717) is 24.7 Å². The molecule has 2 N–H and O–H groups in total. The normalized spacial score (nSPS) is 10.0. The third-order valence-electron chi connectivity index (χ3n) is 2.22. The molecule has 0 saturated carbocycles. The van der Waals surface area contributed by atoms with Crippen molar-refractivity contribution in [2.75, 3.05) is 6.54 Å². The first-order chi connectivity index (χ1) is 8.11. The van der Waals surface area contributed by atoms with Crippen molar-refractivity contribution < 1.29 is 4.79 Å². The van der Waals surface area contributed by atoms with Crippen LogP contribution in [0.15, 0.2) is 24.3 Å². The molecule has 0 atom stereocenters. The number of hydrogen-bond donors (Lipinski definition) is 2. The van der Waals surface area contributed by atoms with E-state index in [0.717, 1.165) is 5.56 Å². The van der Waals surface area contributed by atoms with Gasteiger partial charge < -0.3 is 10.6 Å². The molecule has 0 radical (unpaired) electrons. The Morgan fingerprint density at radius 3 is 2.88 bits per heavy atom. The number of hydrogen-bond acceptors (Lipinski definition) is 3. The highest BCUT2D eigenvalue weighted by Gasteiger charge is 2.02. The maximum atomic E-state index is 11.4. The Balaban J connectivity index is 2.40. The van der Waals surface area contributed by atoms with Crippen LogP contribution in [0.25, 0.3) is 0 Å². The van der Waals surface area contributed by atoms with E-state index in [1.807, 2.05) is 26.0 Å². The lowest BCUT2D eigenvalue weighted by Crippen LogP contribution is -2.36. The standard InChI is InChI=1S/C13H17N3O/c1-10(2)15-9-13(17)16-8-12-5-3-4-11(6-12)7-14/h3-6,10,15H,8-9H2,1-2H3,(H,16,17). The van der Waals surface area contributed by atoms with E-state index in [2.05, 4.69) is 16.7 Å². The van der Waals surface area contributed by atoms with Crippen molar-refractivity contribution in [3.8, 4) is 6.07 Å². The molecule has 0 heterocycles. The second-order valence-corrected chi connectivity index (χ2v) is 4.12. The van der Waals surface area contributed by atoms with Gasteiger partial charge in [0.15, 0.2) is 0 Å². The van der Waals surface area contributed by atoms with Gasteiger partial charge in [-0.1, -0.05) is 26.0 Å². The smallest absolute Gasteiger partial charge is 0.234 e. The summed E-state index contributed by atoms with van der Waals surface area (Å²) in [6.45, 7) is 4.75. The van der Waals surface area contributed by atoms with Gasteiger partial charge in [0.25, 0.3) is 0 Å². The SMILES string of the molecule is CC(C)NCC(=O)NCc1cccc(C#N)c1. The largest absolute Gasteiger partial charge is 0.351 e. The van der Waals surface area contributed by atoms with Crippen molar-refractivity contribution in [2.45, 2.75) is 26.4 Å². The fourth-order valence-corrected chi connectivity index (χ4v) is 1.31. The maximum Gasteiger partial charge on any atom is 0.234 e. The zero-order chi connectivity index (χ0) is 12.7. The lowest BCUT2D eigenvalue weighted by molar-refractivity contribution is -0.120. The van der Waals surface area contributed by atoms with E-state index in [9.17, 15) is 4.79 Å². The fraction of sp³-hybridized carbons (Fsp3) is 0.385. The molecule has 1 aromatic rings. The van der Waals surface area contributed by atoms with Crippen LogP contribution < -0.4 is 10.6 Å². The molecular weight excluding hydrogens is 214 g/mol. The van der Waals surface area contributed by atoms with Crippen molar-refractivity contribution in [3.05, 3.63) is 35.4 Å². The Bertz CT molecular complexity index is 421. The summed E-state index contributed by atoms with van der Waals surface area (Å²) in [5.74, 6) is -0.0407. The Morgan fingerprint density at radius 2 is 2.24 bits per heavy atom. The Hall–Kier alpha value is -1.86. The minimum Gasteiger partial charge on any atom is -0.351 e. The number of rotatable bonds is 5. The highest BCUT2D eigenvalue weighted by Crippen LogP contribution is 2.03. The molecular formula is C13H17N3O. The van der Waals surface area contributed by atoms with Gasteiger partial charge in [0.1, 0.15) is 0 Å². The van der Waals surface area contributed by atoms with Crippen molar-refractivity contribution in [1.82, 2.24) is 10.6 Å². The van der Waals surface area contributed by atoms with Crippen molar-refractivity contribution in [3.63, 3.8) is 0 Å². The van der Waals surface area contributed by atoms with Crippen molar-refractivity contribution >= 4 is 5.91 Å². The van der Waals surface area contributed by atoms with Crippen molar-refractivity contribution in [2.24, 2.45) is 0 Å². The molecule has 0 spiro atoms. The van der Waals surface area contributed by atoms with Gasteiger partial charge in [-0.05, 0) is 17.7 Å². The third-order valence-corrected chi connectivity index (χ3v) is 2.22. The number of nitriles is 1. The zero-order valence-corrected chi connectivity index (χ0v) is 10.2. The van der Waals surface area contributed by atoms with E-state index in [1.165, 1.54) is 0 Å². The molecule has 1 amide bonds. The molecule has 0 aliphatic carbocycles. The first-order valence-corrected chi connectivity index (χ1v) is 5.61. The van der Waals surface area contributed by atoms with Gasteiger partial charge in [-0.15, -0.1) is 0 Å². The number of carbonyl (C=O) groups is 1. The number of carbonyl (C=O) groups excluding carboxylic acids is 1. The Kier molecular flexibility index (Phi) is 5.18. The lowest BCUT2D eigenvalue weighted by atomic mass is 10.1. The van der Waals surface area contributed by atoms with Crippen LogP contribution in [0.1, 0.15) is 25.0 Å². The summed E-state index contributed by atoms with van der Waals surface area (Å²) in [6, 6.07) is 9.58. The first-order valence-electron chi connectivity index (χ1n) is 5.61. The van der Waals surface area contributed by atoms with Crippen LogP contribution in [0.3, 0.4) is 0 Å². The molecule has 0 aliphatic heterocycles. The van der Waals surface area contributed by atoms with Crippen LogP contribution in [0.4, 0.5) is 0 Å². The monoisotopic (exact) mass is 231 g/mol. The lowest BCUT2D eigenvalue weighted by Gasteiger charge is -2.09. The molecule has 0 aromatic heterocycles. The Labute approximate surface area is 102 Å². The molecule has 4 nitrogen and oxygen atoms in total. The van der Waals surface area contributed by atoms with Gasteiger partial charge >= 0.3 is 0 Å². The van der Waals surface area contributed by atoms with E-state index in [-0.39, 0.29) is 5.91 Å². The first kappa shape index (κ1) is 13.2. The number of nitrogens with zero attached hydrogens (tertiary/aromatic N) is 1. The molecule has 0 unspecified atom stereocenters. The highest BCUT2D eigenvalue weighted by molar-refractivity contribution is 5.78. The van der Waals surface area contributed by atoms with Crippen LogP contribution in [-0.2, 0) is 11.3 Å². The molecule has 0 fully saturated rings. The summed E-state index contributed by atoms with van der Waals surface area (Å²) in [5, 5.41) is 14.6. The van der Waals surface area contributed by atoms with E-state index in [4.69, 9.17) is 5.26 Å². The third kappa shape index (κ3) is 5.14. The quantitative estimate of drug-likeness (QED) is 0.799. The molecule has 0 aliphatic rings. The van der Waals surface area contributed by atoms with Crippen LogP contribution in [-0.4, -0.2) is 18.5 Å². The maximum absolute atomic E-state index is 11.4. The van der Waals surface area contributed by atoms with E-state index in [1.54, 1.807) is 12.1 Å². The topological polar surface area (TPSA) is 64.9 Å². The van der Waals surface area contributed by atoms with Gasteiger partial charge in [0.05, 0.1) is 18.2 Å². The van der Waals surface area contributed by atoms with E-state index < -0.39 is 0 Å². The number of nitrogens with one attached hydrogen (secondary N) is 2. The fourth-order valence-electron chi connectivity index (χ4n) is 1.31. The summed E-state index contributed by atoms with van der Waals surface area (Å²) in [4.78, 5) is 11.4. The van der Waals surface area contributed by atoms with Crippen LogP contribution in [0.2, 0.25) is 0 Å². The summed E-state index contributed by atoms with van der Waals surface area (Å²) in [6.07, 6.45) is 0. The molecule has 0 bridgehead atoms. The van der Waals surface area contributed by atoms with Gasteiger partial charge in [0.2, 0.25) is 5.91 Å². The predicted molar refractivity (Wildman–Crippen MR) is 66.1 cm³/mol. The molecule has 4 heteroatoms. The number of benzene rings is 1. The summed E-state index contributed by atoms with van der Waals surface area (Å²) in [5.41, 5.74) is 1.54. The average Bonchev–Trinajstić information content (AvgIpc) is 2.34. The second kappa shape index (κ2) is 6.66. The predicted octanol–water partition coefficient (Wildman–Crippen LogP) is 1.17. The second-order valence-electron chi connectivity index (χ2n) is 4.12. The molecule has 17 heavy (non-hydrogen) atoms. The molecule has 1 aromatic carbocycles. The summed E-state index contributed by atoms with van der Waals surface area (Å²) >= 11 is 0. The molecule has 0 saturated heterocycles. The molecule has 1 rings (SSSR count). The van der Waals surface area contributed by atoms with E-state index >= 15 is 0 Å². The van der Waals surface area contributed by atoms with Gasteiger partial charge in [0, 0.05) is 12.6 Å². The van der Waals surface area contributed by atoms with Crippen LogP contribution in [0.5, 0.6) is 0 Å². The zero-order valence-electron chi connectivity index (χ0n) is 10.2. The minimum absolute atomic E-state index is 0.0407. The summed E-state index contributed by atoms with van der Waals surface area (Å²) in [7, 11) is 0. The van der Waals surface area contributed by atoms with Crippen LogP contribution >= 0.6 is 0 Å². The van der Waals surface area contributed by atoms with Crippen molar-refractivity contribution in [1.29, 1.82) is 5.26 Å². The highest BCUT2D eigenvalue weighted by atomic mass is 16.1. The molecule has 90 valence electrons. The van der Waals surface area contributed by atoms with Gasteiger partial charge in [-0.3, -0.25) is 4.79 Å². The average molecular weight is 231 g/mol.